The smallest absolute Gasteiger partial charge is 0.216 e. The summed E-state index contributed by atoms with van der Waals surface area (Å²) in [6.45, 7) is 5.95. The number of ether oxygens (including phenoxy) is 1. The summed E-state index contributed by atoms with van der Waals surface area (Å²) in [5, 5.41) is 6.86. The first-order valence-electron chi connectivity index (χ1n) is 10.9. The van der Waals surface area contributed by atoms with Crippen LogP contribution in [0.3, 0.4) is 0 Å². The average molecular weight is 456 g/mol. The molecular formula is C24H33N5O2S. The summed E-state index contributed by atoms with van der Waals surface area (Å²) in [6.07, 6.45) is 8.42. The van der Waals surface area contributed by atoms with E-state index in [1.165, 1.54) is 37.6 Å². The molecular weight excluding hydrogens is 422 g/mol. The second-order valence-electron chi connectivity index (χ2n) is 7.26. The summed E-state index contributed by atoms with van der Waals surface area (Å²) in [7, 11) is 3.24. The molecule has 8 heteroatoms. The van der Waals surface area contributed by atoms with Crippen molar-refractivity contribution in [3.8, 4) is 16.3 Å². The van der Waals surface area contributed by atoms with Crippen LogP contribution in [-0.4, -0.2) is 35.0 Å². The lowest BCUT2D eigenvalue weighted by molar-refractivity contribution is -0.118. The number of nitrogens with zero attached hydrogens (tertiary/aromatic N) is 3. The van der Waals surface area contributed by atoms with Crippen LogP contribution in [0.25, 0.3) is 10.6 Å². The van der Waals surface area contributed by atoms with Crippen LogP contribution in [0.2, 0.25) is 0 Å². The van der Waals surface area contributed by atoms with Gasteiger partial charge in [-0.1, -0.05) is 32.8 Å². The van der Waals surface area contributed by atoms with E-state index in [1.807, 2.05) is 36.5 Å². The zero-order valence-corrected chi connectivity index (χ0v) is 20.3. The van der Waals surface area contributed by atoms with Crippen molar-refractivity contribution in [2.45, 2.75) is 52.4 Å². The molecule has 0 aliphatic heterocycles. The Labute approximate surface area is 194 Å². The van der Waals surface area contributed by atoms with Gasteiger partial charge in [0.05, 0.1) is 22.7 Å². The summed E-state index contributed by atoms with van der Waals surface area (Å²) < 4.78 is 5.24. The van der Waals surface area contributed by atoms with Gasteiger partial charge in [-0.05, 0) is 31.0 Å². The Balaban J connectivity index is 0.000000654. The summed E-state index contributed by atoms with van der Waals surface area (Å²) in [4.78, 5) is 24.5. The quantitative estimate of drug-likeness (QED) is 0.425. The maximum atomic E-state index is 9.70. The van der Waals surface area contributed by atoms with Gasteiger partial charge in [0.15, 0.2) is 0 Å². The summed E-state index contributed by atoms with van der Waals surface area (Å²) in [6, 6.07) is 9.62. The zero-order chi connectivity index (χ0) is 23.3. The van der Waals surface area contributed by atoms with E-state index in [1.54, 1.807) is 31.7 Å². The number of anilines is 2. The Hall–Kier alpha value is -3.00. The Kier molecular flexibility index (Phi) is 10.6. The normalized spacial score (nSPS) is 10.3. The van der Waals surface area contributed by atoms with Crippen molar-refractivity contribution >= 4 is 28.9 Å². The fourth-order valence-electron chi connectivity index (χ4n) is 3.06. The molecule has 0 saturated carbocycles. The highest BCUT2D eigenvalue weighted by Crippen LogP contribution is 2.34. The van der Waals surface area contributed by atoms with Crippen molar-refractivity contribution in [3.63, 3.8) is 0 Å². The van der Waals surface area contributed by atoms with E-state index in [0.717, 1.165) is 22.1 Å². The van der Waals surface area contributed by atoms with Crippen LogP contribution in [0.1, 0.15) is 57.4 Å². The number of thiazole rings is 1. The first-order chi connectivity index (χ1) is 15.5. The number of carbonyl (C=O) groups excluding carboxylic acids is 1. The van der Waals surface area contributed by atoms with Crippen molar-refractivity contribution in [1.82, 2.24) is 20.3 Å². The number of hydrogen-bond donors (Lipinski definition) is 2. The topological polar surface area (TPSA) is 89.0 Å². The molecule has 0 saturated heterocycles. The van der Waals surface area contributed by atoms with Crippen molar-refractivity contribution in [2.24, 2.45) is 0 Å². The molecule has 0 aromatic carbocycles. The molecule has 0 unspecified atom stereocenters. The number of nitrogens with one attached hydrogen (secondary N) is 2. The minimum absolute atomic E-state index is 0.00463. The van der Waals surface area contributed by atoms with Gasteiger partial charge in [-0.3, -0.25) is 4.79 Å². The van der Waals surface area contributed by atoms with Gasteiger partial charge < -0.3 is 15.4 Å². The molecule has 0 aliphatic rings. The highest BCUT2D eigenvalue weighted by Gasteiger charge is 2.15. The van der Waals surface area contributed by atoms with Crippen LogP contribution in [0.5, 0.6) is 5.75 Å². The van der Waals surface area contributed by atoms with Gasteiger partial charge in [0.2, 0.25) is 5.91 Å². The number of rotatable bonds is 9. The molecule has 32 heavy (non-hydrogen) atoms. The van der Waals surface area contributed by atoms with Crippen molar-refractivity contribution in [2.75, 3.05) is 19.5 Å². The molecule has 1 amide bonds. The van der Waals surface area contributed by atoms with Gasteiger partial charge in [-0.2, -0.15) is 0 Å². The minimum atomic E-state index is 0.00463. The van der Waals surface area contributed by atoms with E-state index < -0.39 is 0 Å². The van der Waals surface area contributed by atoms with Gasteiger partial charge >= 0.3 is 0 Å². The third-order valence-electron chi connectivity index (χ3n) is 4.72. The average Bonchev–Trinajstić information content (AvgIpc) is 3.30. The molecule has 0 bridgehead atoms. The minimum Gasteiger partial charge on any atom is -0.497 e. The lowest BCUT2D eigenvalue weighted by Gasteiger charge is -2.11. The molecule has 3 heterocycles. The van der Waals surface area contributed by atoms with E-state index in [9.17, 15) is 4.79 Å². The first-order valence-corrected chi connectivity index (χ1v) is 11.7. The van der Waals surface area contributed by atoms with E-state index in [2.05, 4.69) is 29.5 Å². The molecule has 172 valence electrons. The Morgan fingerprint density at radius 2 is 1.84 bits per heavy atom. The van der Waals surface area contributed by atoms with Crippen molar-refractivity contribution in [3.05, 3.63) is 47.7 Å². The second kappa shape index (κ2) is 13.4. The fourth-order valence-corrected chi connectivity index (χ4v) is 4.12. The van der Waals surface area contributed by atoms with Gasteiger partial charge in [0.1, 0.15) is 17.4 Å². The molecule has 0 fully saturated rings. The van der Waals surface area contributed by atoms with E-state index in [4.69, 9.17) is 14.7 Å². The molecule has 3 aromatic heterocycles. The first kappa shape index (κ1) is 25.3. The molecule has 3 aromatic rings. The third-order valence-corrected chi connectivity index (χ3v) is 5.91. The lowest BCUT2D eigenvalue weighted by Crippen LogP contribution is -2.11. The Morgan fingerprint density at radius 1 is 1.12 bits per heavy atom. The van der Waals surface area contributed by atoms with Crippen LogP contribution in [-0.2, 0) is 4.79 Å². The number of hydrogen-bond acceptors (Lipinski definition) is 7. The predicted octanol–water partition coefficient (Wildman–Crippen LogP) is 5.79. The highest BCUT2D eigenvalue weighted by molar-refractivity contribution is 7.15. The number of amides is 1. The molecule has 0 atom stereocenters. The maximum absolute atomic E-state index is 9.70. The van der Waals surface area contributed by atoms with Crippen LogP contribution < -0.4 is 15.4 Å². The number of methoxy groups -OCH3 is 1. The molecule has 0 aliphatic carbocycles. The lowest BCUT2D eigenvalue weighted by atomic mass is 9.99. The number of aromatic nitrogens is 3. The summed E-state index contributed by atoms with van der Waals surface area (Å²) in [5.41, 5.74) is 0.929. The monoisotopic (exact) mass is 455 g/mol. The van der Waals surface area contributed by atoms with Crippen molar-refractivity contribution < 1.29 is 9.53 Å². The van der Waals surface area contributed by atoms with Gasteiger partial charge in [0.25, 0.3) is 0 Å². The van der Waals surface area contributed by atoms with Gasteiger partial charge in [-0.25, -0.2) is 15.0 Å². The standard InChI is InChI=1S/C21H26N4OS.C3H7NO/c1-4-7-15(8-5-2)21-23-14-18(27-21)17-9-6-10-19(24-17)25-20-13-16(26-3)11-12-22-20;1-3(5)4-2/h6,9-15H,4-5,7-8H2,1-3H3,(H,22,24,25);1-2H3,(H,4,5). The van der Waals surface area contributed by atoms with Gasteiger partial charge in [-0.15, -0.1) is 11.3 Å². The highest BCUT2D eigenvalue weighted by atomic mass is 32.1. The SMILES string of the molecule is CCCC(CCC)c1ncc(-c2cccc(Nc3cc(OC)ccn3)n2)s1.CNC(C)=O. The van der Waals surface area contributed by atoms with Crippen LogP contribution in [0.4, 0.5) is 11.6 Å². The van der Waals surface area contributed by atoms with Gasteiger partial charge in [0, 0.05) is 38.3 Å². The van der Waals surface area contributed by atoms with Crippen LogP contribution in [0.15, 0.2) is 42.7 Å². The molecule has 2 N–H and O–H groups in total. The van der Waals surface area contributed by atoms with E-state index >= 15 is 0 Å². The largest absolute Gasteiger partial charge is 0.497 e. The van der Waals surface area contributed by atoms with E-state index in [-0.39, 0.29) is 5.91 Å². The van der Waals surface area contributed by atoms with Crippen molar-refractivity contribution in [1.29, 1.82) is 0 Å². The number of carbonyl (C=O) groups is 1. The predicted molar refractivity (Wildman–Crippen MR) is 132 cm³/mol. The Bertz CT molecular complexity index is 970. The maximum Gasteiger partial charge on any atom is 0.216 e. The molecule has 3 rings (SSSR count). The fraction of sp³-hybridized carbons (Fsp3) is 0.417. The summed E-state index contributed by atoms with van der Waals surface area (Å²) in [5.74, 6) is 2.77. The second-order valence-corrected chi connectivity index (χ2v) is 8.32. The van der Waals surface area contributed by atoms with Crippen LogP contribution in [0, 0.1) is 0 Å². The van der Waals surface area contributed by atoms with E-state index in [0.29, 0.717) is 11.7 Å². The van der Waals surface area contributed by atoms with Crippen LogP contribution >= 0.6 is 11.3 Å². The molecule has 0 radical (unpaired) electrons. The summed E-state index contributed by atoms with van der Waals surface area (Å²) >= 11 is 1.76. The molecule has 7 nitrogen and oxygen atoms in total. The molecule has 0 spiro atoms. The third kappa shape index (κ3) is 7.92. The Morgan fingerprint density at radius 3 is 2.47 bits per heavy atom. The number of pyridine rings is 2. The zero-order valence-electron chi connectivity index (χ0n) is 19.5.